The zero-order valence-corrected chi connectivity index (χ0v) is 25.7. The number of hydrogen-bond donors (Lipinski definition) is 2. The normalized spacial score (nSPS) is 41.2. The summed E-state index contributed by atoms with van der Waals surface area (Å²) in [6.07, 6.45) is 8.56. The van der Waals surface area contributed by atoms with Gasteiger partial charge in [0.25, 0.3) is 0 Å². The van der Waals surface area contributed by atoms with Gasteiger partial charge in [0.05, 0.1) is 12.2 Å². The van der Waals surface area contributed by atoms with E-state index in [-0.39, 0.29) is 57.4 Å². The molecule has 0 bridgehead atoms. The fourth-order valence-corrected chi connectivity index (χ4v) is 9.93. The van der Waals surface area contributed by atoms with E-state index in [4.69, 9.17) is 9.47 Å². The number of carboxylic acids is 1. The van der Waals surface area contributed by atoms with Gasteiger partial charge in [0.2, 0.25) is 0 Å². The first kappa shape index (κ1) is 30.3. The number of carbonyl (C=O) groups is 2. The second-order valence-electron chi connectivity index (χ2n) is 14.5. The van der Waals surface area contributed by atoms with Gasteiger partial charge >= 0.3 is 11.9 Å². The van der Waals surface area contributed by atoms with Crippen molar-refractivity contribution in [3.63, 3.8) is 0 Å². The summed E-state index contributed by atoms with van der Waals surface area (Å²) in [5.74, 6) is -0.450. The Bertz CT molecular complexity index is 1060. The number of hydrogen-bond acceptors (Lipinski definition) is 5. The zero-order chi connectivity index (χ0) is 29.1. The number of aliphatic hydroxyl groups is 1. The molecule has 0 heterocycles. The predicted octanol–water partition coefficient (Wildman–Crippen LogP) is 6.71. The number of aliphatic carboxylic acids is 1. The van der Waals surface area contributed by atoms with Crippen molar-refractivity contribution < 1.29 is 29.3 Å². The Morgan fingerprint density at radius 3 is 2.33 bits per heavy atom. The molecule has 2 N–H and O–H groups in total. The summed E-state index contributed by atoms with van der Waals surface area (Å²) in [5.41, 5.74) is 3.29. The first-order chi connectivity index (χ1) is 18.0. The molecule has 0 aliphatic heterocycles. The highest BCUT2D eigenvalue weighted by molar-refractivity contribution is 5.85. The lowest BCUT2D eigenvalue weighted by atomic mass is 9.42. The quantitative estimate of drug-likeness (QED) is 0.210. The van der Waals surface area contributed by atoms with Gasteiger partial charge in [-0.15, -0.1) is 0 Å². The Morgan fingerprint density at radius 2 is 1.74 bits per heavy atom. The van der Waals surface area contributed by atoms with Crippen molar-refractivity contribution in [2.75, 3.05) is 7.11 Å². The minimum atomic E-state index is -0.940. The van der Waals surface area contributed by atoms with Crippen LogP contribution in [0, 0.1) is 39.4 Å². The largest absolute Gasteiger partial charge is 0.478 e. The van der Waals surface area contributed by atoms with Crippen LogP contribution < -0.4 is 0 Å². The third-order valence-electron chi connectivity index (χ3n) is 12.6. The van der Waals surface area contributed by atoms with E-state index in [1.54, 1.807) is 18.6 Å². The van der Waals surface area contributed by atoms with Gasteiger partial charge in [0, 0.05) is 26.0 Å². The maximum atomic E-state index is 12.1. The van der Waals surface area contributed by atoms with Crippen molar-refractivity contribution in [1.29, 1.82) is 0 Å². The molecule has 2 fully saturated rings. The third kappa shape index (κ3) is 4.62. The van der Waals surface area contributed by atoms with Crippen LogP contribution in [0.1, 0.15) is 107 Å². The van der Waals surface area contributed by atoms with Crippen molar-refractivity contribution in [3.8, 4) is 0 Å². The average Bonchev–Trinajstić information content (AvgIpc) is 3.14. The van der Waals surface area contributed by atoms with Gasteiger partial charge in [-0.05, 0) is 96.9 Å². The Hall–Kier alpha value is -1.66. The number of esters is 1. The van der Waals surface area contributed by atoms with Gasteiger partial charge in [0.15, 0.2) is 0 Å². The van der Waals surface area contributed by atoms with E-state index in [9.17, 15) is 19.8 Å². The molecule has 0 spiro atoms. The van der Waals surface area contributed by atoms with Crippen molar-refractivity contribution in [1.82, 2.24) is 0 Å². The number of aliphatic hydroxyl groups excluding tert-OH is 1. The highest BCUT2D eigenvalue weighted by Crippen LogP contribution is 2.72. The predicted molar refractivity (Wildman–Crippen MR) is 152 cm³/mol. The fourth-order valence-electron chi connectivity index (χ4n) is 9.93. The summed E-state index contributed by atoms with van der Waals surface area (Å²) < 4.78 is 12.2. The molecular weight excluding hydrogens is 492 g/mol. The van der Waals surface area contributed by atoms with Crippen LogP contribution in [0.4, 0.5) is 0 Å². The topological polar surface area (TPSA) is 93.1 Å². The maximum Gasteiger partial charge on any atom is 0.330 e. The molecule has 2 saturated carbocycles. The van der Waals surface area contributed by atoms with E-state index >= 15 is 0 Å². The average molecular weight is 545 g/mol. The molecule has 9 atom stereocenters. The summed E-state index contributed by atoms with van der Waals surface area (Å²) in [7, 11) is 1.85. The Labute approximate surface area is 235 Å². The molecule has 0 radical (unpaired) electrons. The van der Waals surface area contributed by atoms with Gasteiger partial charge in [-0.2, -0.15) is 0 Å². The van der Waals surface area contributed by atoms with Gasteiger partial charge < -0.3 is 19.7 Å². The van der Waals surface area contributed by atoms with Crippen LogP contribution in [0.15, 0.2) is 22.8 Å². The van der Waals surface area contributed by atoms with Gasteiger partial charge in [-0.3, -0.25) is 4.79 Å². The molecule has 4 aliphatic rings. The van der Waals surface area contributed by atoms with Crippen LogP contribution >= 0.6 is 0 Å². The second-order valence-corrected chi connectivity index (χ2v) is 14.5. The molecule has 0 amide bonds. The zero-order valence-electron chi connectivity index (χ0n) is 25.7. The van der Waals surface area contributed by atoms with Crippen LogP contribution in [-0.2, 0) is 19.1 Å². The van der Waals surface area contributed by atoms with Crippen molar-refractivity contribution in [3.05, 3.63) is 22.8 Å². The number of ether oxygens (including phenoxy) is 2. The van der Waals surface area contributed by atoms with Crippen LogP contribution in [0.3, 0.4) is 0 Å². The van der Waals surface area contributed by atoms with E-state index in [2.05, 4.69) is 41.5 Å². The molecule has 6 heteroatoms. The molecule has 0 saturated heterocycles. The first-order valence-corrected chi connectivity index (χ1v) is 15.1. The second kappa shape index (κ2) is 10.3. The van der Waals surface area contributed by atoms with Crippen LogP contribution in [-0.4, -0.2) is 47.6 Å². The highest BCUT2D eigenvalue weighted by atomic mass is 16.5. The number of allylic oxidation sites excluding steroid dienone is 1. The summed E-state index contributed by atoms with van der Waals surface area (Å²) in [6, 6.07) is 0. The summed E-state index contributed by atoms with van der Waals surface area (Å²) in [6.45, 7) is 17.1. The van der Waals surface area contributed by atoms with Crippen molar-refractivity contribution in [2.45, 2.75) is 125 Å². The molecule has 220 valence electrons. The van der Waals surface area contributed by atoms with Gasteiger partial charge in [-0.1, -0.05) is 53.2 Å². The van der Waals surface area contributed by atoms with E-state index < -0.39 is 5.97 Å². The standard InChI is InChI=1S/C33H52O6/c1-19(29(36)37)10-11-24(39-21(3)34)20(2)22-12-17-33(8)28-23(13-16-32(22,33)7)31(6)15-14-27(35)30(4,5)26(31)18-25(28)38-9/h10,20,22,24-27,35H,11-18H2,1-9H3,(H,36,37)/b19-10-. The van der Waals surface area contributed by atoms with E-state index in [0.717, 1.165) is 44.9 Å². The maximum absolute atomic E-state index is 12.1. The number of carboxylic acid groups (broad SMARTS) is 1. The van der Waals surface area contributed by atoms with E-state index in [1.807, 2.05) is 7.11 Å². The molecule has 6 nitrogen and oxygen atoms in total. The summed E-state index contributed by atoms with van der Waals surface area (Å²) >= 11 is 0. The Morgan fingerprint density at radius 1 is 1.08 bits per heavy atom. The van der Waals surface area contributed by atoms with Crippen LogP contribution in [0.2, 0.25) is 0 Å². The third-order valence-corrected chi connectivity index (χ3v) is 12.6. The van der Waals surface area contributed by atoms with E-state index in [0.29, 0.717) is 18.3 Å². The minimum absolute atomic E-state index is 0.0128. The lowest BCUT2D eigenvalue weighted by molar-refractivity contribution is -0.151. The number of fused-ring (bicyclic) bond motifs is 4. The van der Waals surface area contributed by atoms with E-state index in [1.165, 1.54) is 12.5 Å². The monoisotopic (exact) mass is 544 g/mol. The summed E-state index contributed by atoms with van der Waals surface area (Å²) in [5, 5.41) is 20.3. The molecule has 0 aromatic carbocycles. The lowest BCUT2D eigenvalue weighted by Crippen LogP contribution is -2.58. The molecule has 39 heavy (non-hydrogen) atoms. The first-order valence-electron chi connectivity index (χ1n) is 15.1. The van der Waals surface area contributed by atoms with Crippen molar-refractivity contribution >= 4 is 11.9 Å². The van der Waals surface area contributed by atoms with Gasteiger partial charge in [0.1, 0.15) is 6.10 Å². The molecule has 4 rings (SSSR count). The smallest absolute Gasteiger partial charge is 0.330 e. The molecule has 4 aliphatic carbocycles. The number of carbonyl (C=O) groups excluding carboxylic acids is 1. The molecule has 0 aromatic heterocycles. The number of rotatable bonds is 7. The Kier molecular flexibility index (Phi) is 8.01. The van der Waals surface area contributed by atoms with Crippen molar-refractivity contribution in [2.24, 2.45) is 39.4 Å². The SMILES string of the molecule is COC1CC2C(C)(CCC(O)C2(C)C)C2=C1C1(C)CCC(C(C)C(C/C=C(/C)C(=O)O)OC(C)=O)C1(C)CC2. The molecule has 9 unspecified atom stereocenters. The lowest BCUT2D eigenvalue weighted by Gasteiger charge is -2.63. The van der Waals surface area contributed by atoms with Crippen LogP contribution in [0.25, 0.3) is 0 Å². The molecule has 0 aromatic rings. The van der Waals surface area contributed by atoms with Crippen LogP contribution in [0.5, 0.6) is 0 Å². The minimum Gasteiger partial charge on any atom is -0.478 e. The number of methoxy groups -OCH3 is 1. The van der Waals surface area contributed by atoms with Gasteiger partial charge in [-0.25, -0.2) is 4.79 Å². The summed E-state index contributed by atoms with van der Waals surface area (Å²) in [4.78, 5) is 23.5. The molecular formula is C33H52O6. The Balaban J connectivity index is 1.73. The highest BCUT2D eigenvalue weighted by Gasteiger charge is 2.65. The fraction of sp³-hybridized carbons (Fsp3) is 0.818.